The minimum absolute atomic E-state index is 0.0153. The summed E-state index contributed by atoms with van der Waals surface area (Å²) in [5.74, 6) is -1.12. The van der Waals surface area contributed by atoms with Crippen molar-refractivity contribution in [1.29, 1.82) is 0 Å². The van der Waals surface area contributed by atoms with E-state index in [0.29, 0.717) is 26.3 Å². The molecule has 0 atom stereocenters. The van der Waals surface area contributed by atoms with Crippen molar-refractivity contribution in [2.24, 2.45) is 0 Å². The molecule has 0 N–H and O–H groups in total. The number of amides is 4. The molecule has 18 heavy (non-hydrogen) atoms. The summed E-state index contributed by atoms with van der Waals surface area (Å²) in [7, 11) is 2.72. The predicted molar refractivity (Wildman–Crippen MR) is 61.4 cm³/mol. The van der Waals surface area contributed by atoms with Crippen molar-refractivity contribution >= 4 is 17.8 Å². The molecule has 0 aromatic heterocycles. The highest BCUT2D eigenvalue weighted by molar-refractivity contribution is 6.28. The molecule has 0 bridgehead atoms. The number of imide groups is 2. The highest BCUT2D eigenvalue weighted by atomic mass is 16.5. The van der Waals surface area contributed by atoms with Crippen LogP contribution in [0.15, 0.2) is 11.8 Å². The summed E-state index contributed by atoms with van der Waals surface area (Å²) in [6, 6.07) is -0.607. The van der Waals surface area contributed by atoms with Gasteiger partial charge in [-0.2, -0.15) is 0 Å². The van der Waals surface area contributed by atoms with Gasteiger partial charge in [0.25, 0.3) is 11.8 Å². The van der Waals surface area contributed by atoms with Crippen LogP contribution in [0.4, 0.5) is 4.79 Å². The summed E-state index contributed by atoms with van der Waals surface area (Å²) in [5, 5.41) is 0. The third kappa shape index (κ3) is 2.08. The van der Waals surface area contributed by atoms with Gasteiger partial charge in [0, 0.05) is 33.4 Å². The lowest BCUT2D eigenvalue weighted by molar-refractivity contribution is -0.134. The van der Waals surface area contributed by atoms with Crippen molar-refractivity contribution in [2.45, 2.75) is 0 Å². The van der Waals surface area contributed by atoms with E-state index in [0.717, 1.165) is 9.80 Å². The monoisotopic (exact) mass is 253 g/mol. The SMILES string of the molecule is CN1C(=O)C(=CN2CCOCC2)C(=O)N(C)C1=O. The van der Waals surface area contributed by atoms with Crippen LogP contribution < -0.4 is 0 Å². The van der Waals surface area contributed by atoms with E-state index in [4.69, 9.17) is 4.74 Å². The number of rotatable bonds is 1. The Hall–Kier alpha value is -1.89. The van der Waals surface area contributed by atoms with Gasteiger partial charge in [0.15, 0.2) is 0 Å². The average molecular weight is 253 g/mol. The Kier molecular flexibility index (Phi) is 3.33. The van der Waals surface area contributed by atoms with Gasteiger partial charge < -0.3 is 9.64 Å². The molecule has 98 valence electrons. The molecule has 2 aliphatic rings. The molecule has 0 unspecified atom stereocenters. The second-order valence-corrected chi connectivity index (χ2v) is 4.20. The zero-order valence-corrected chi connectivity index (χ0v) is 10.4. The molecule has 2 saturated heterocycles. The molecule has 0 aliphatic carbocycles. The summed E-state index contributed by atoms with van der Waals surface area (Å²) < 4.78 is 5.19. The molecule has 0 saturated carbocycles. The van der Waals surface area contributed by atoms with Gasteiger partial charge in [0.05, 0.1) is 13.2 Å². The van der Waals surface area contributed by atoms with Gasteiger partial charge in [-0.15, -0.1) is 0 Å². The molecule has 4 amide bonds. The molecule has 0 spiro atoms. The fourth-order valence-electron chi connectivity index (χ4n) is 1.85. The van der Waals surface area contributed by atoms with E-state index in [1.54, 1.807) is 0 Å². The zero-order valence-electron chi connectivity index (χ0n) is 10.4. The highest BCUT2D eigenvalue weighted by Gasteiger charge is 2.38. The number of carbonyl (C=O) groups is 3. The van der Waals surface area contributed by atoms with Crippen LogP contribution in [0.3, 0.4) is 0 Å². The minimum atomic E-state index is -0.607. The molecule has 7 heteroatoms. The van der Waals surface area contributed by atoms with E-state index >= 15 is 0 Å². The number of carbonyl (C=O) groups excluding carboxylic acids is 3. The minimum Gasteiger partial charge on any atom is -0.378 e. The lowest BCUT2D eigenvalue weighted by Crippen LogP contribution is -2.53. The second-order valence-electron chi connectivity index (χ2n) is 4.20. The maximum Gasteiger partial charge on any atom is 0.333 e. The number of hydrogen-bond donors (Lipinski definition) is 0. The van der Waals surface area contributed by atoms with Crippen LogP contribution >= 0.6 is 0 Å². The summed E-state index contributed by atoms with van der Waals surface area (Å²) in [5.41, 5.74) is 0.0153. The Morgan fingerprint density at radius 2 is 1.50 bits per heavy atom. The van der Waals surface area contributed by atoms with Crippen LogP contribution in [0, 0.1) is 0 Å². The van der Waals surface area contributed by atoms with E-state index in [1.807, 2.05) is 4.90 Å². The number of morpholine rings is 1. The van der Waals surface area contributed by atoms with Crippen molar-refractivity contribution in [1.82, 2.24) is 14.7 Å². The van der Waals surface area contributed by atoms with Gasteiger partial charge in [-0.25, -0.2) is 4.79 Å². The third-order valence-electron chi connectivity index (χ3n) is 3.00. The number of barbiturate groups is 1. The standard InChI is InChI=1S/C11H15N3O4/c1-12-9(15)8(10(16)13(2)11(12)17)7-14-3-5-18-6-4-14/h7H,3-6H2,1-2H3. The molecule has 2 rings (SSSR count). The molecule has 0 aromatic rings. The number of ether oxygens (including phenoxy) is 1. The lowest BCUT2D eigenvalue weighted by atomic mass is 10.1. The smallest absolute Gasteiger partial charge is 0.333 e. The van der Waals surface area contributed by atoms with E-state index in [-0.39, 0.29) is 5.57 Å². The molecular formula is C11H15N3O4. The van der Waals surface area contributed by atoms with Crippen LogP contribution in [-0.4, -0.2) is 72.9 Å². The maximum absolute atomic E-state index is 11.9. The second kappa shape index (κ2) is 4.77. The van der Waals surface area contributed by atoms with Crippen LogP contribution in [0.25, 0.3) is 0 Å². The molecule has 0 radical (unpaired) electrons. The lowest BCUT2D eigenvalue weighted by Gasteiger charge is -2.31. The molecule has 0 aromatic carbocycles. The first-order valence-corrected chi connectivity index (χ1v) is 5.66. The van der Waals surface area contributed by atoms with Gasteiger partial charge in [-0.1, -0.05) is 0 Å². The summed E-state index contributed by atoms with van der Waals surface area (Å²) in [6.45, 7) is 2.39. The summed E-state index contributed by atoms with van der Waals surface area (Å²) >= 11 is 0. The third-order valence-corrected chi connectivity index (χ3v) is 3.00. The topological polar surface area (TPSA) is 70.2 Å². The molecule has 2 heterocycles. The maximum atomic E-state index is 11.9. The number of urea groups is 1. The van der Waals surface area contributed by atoms with Crippen molar-refractivity contribution in [3.05, 3.63) is 11.8 Å². The first-order valence-electron chi connectivity index (χ1n) is 5.66. The molecule has 2 aliphatic heterocycles. The summed E-state index contributed by atoms with van der Waals surface area (Å²) in [4.78, 5) is 39.1. The average Bonchev–Trinajstić information content (AvgIpc) is 2.40. The fourth-order valence-corrected chi connectivity index (χ4v) is 1.85. The largest absolute Gasteiger partial charge is 0.378 e. The van der Waals surface area contributed by atoms with Crippen LogP contribution in [0.2, 0.25) is 0 Å². The normalized spacial score (nSPS) is 21.8. The Morgan fingerprint density at radius 3 is 2.00 bits per heavy atom. The Bertz CT molecular complexity index is 400. The van der Waals surface area contributed by atoms with E-state index in [1.165, 1.54) is 20.3 Å². The zero-order chi connectivity index (χ0) is 13.3. The van der Waals surface area contributed by atoms with Gasteiger partial charge in [-0.3, -0.25) is 19.4 Å². The van der Waals surface area contributed by atoms with Crippen LogP contribution in [-0.2, 0) is 14.3 Å². The van der Waals surface area contributed by atoms with Gasteiger partial charge in [-0.05, 0) is 0 Å². The predicted octanol–water partition coefficient (Wildman–Crippen LogP) is -0.747. The summed E-state index contributed by atoms with van der Waals surface area (Å²) in [6.07, 6.45) is 1.52. The Labute approximate surface area is 105 Å². The molecule has 7 nitrogen and oxygen atoms in total. The van der Waals surface area contributed by atoms with Crippen LogP contribution in [0.5, 0.6) is 0 Å². The number of nitrogens with zero attached hydrogens (tertiary/aromatic N) is 3. The van der Waals surface area contributed by atoms with Gasteiger partial charge in [0.2, 0.25) is 0 Å². The van der Waals surface area contributed by atoms with Gasteiger partial charge in [0.1, 0.15) is 5.57 Å². The molecular weight excluding hydrogens is 238 g/mol. The van der Waals surface area contributed by atoms with Crippen molar-refractivity contribution in [2.75, 3.05) is 40.4 Å². The first-order chi connectivity index (χ1) is 8.52. The van der Waals surface area contributed by atoms with Crippen LogP contribution in [0.1, 0.15) is 0 Å². The highest BCUT2D eigenvalue weighted by Crippen LogP contribution is 2.15. The van der Waals surface area contributed by atoms with E-state index in [9.17, 15) is 14.4 Å². The van der Waals surface area contributed by atoms with Gasteiger partial charge >= 0.3 is 6.03 Å². The van der Waals surface area contributed by atoms with E-state index < -0.39 is 17.8 Å². The van der Waals surface area contributed by atoms with E-state index in [2.05, 4.69) is 0 Å². The first kappa shape index (κ1) is 12.6. The fraction of sp³-hybridized carbons (Fsp3) is 0.545. The van der Waals surface area contributed by atoms with Crippen molar-refractivity contribution in [3.63, 3.8) is 0 Å². The Balaban J connectivity index is 2.24. The number of likely N-dealkylation sites (N-methyl/N-ethyl adjacent to an activating group) is 2. The quantitative estimate of drug-likeness (QED) is 0.454. The van der Waals surface area contributed by atoms with Crippen molar-refractivity contribution in [3.8, 4) is 0 Å². The Morgan fingerprint density at radius 1 is 1.00 bits per heavy atom. The van der Waals surface area contributed by atoms with Crippen molar-refractivity contribution < 1.29 is 19.1 Å². The number of hydrogen-bond acceptors (Lipinski definition) is 5. The molecule has 2 fully saturated rings.